The highest BCUT2D eigenvalue weighted by Crippen LogP contribution is 2.25. The van der Waals surface area contributed by atoms with Crippen molar-refractivity contribution < 1.29 is 13.9 Å². The number of benzene rings is 1. The van der Waals surface area contributed by atoms with Gasteiger partial charge in [0.2, 0.25) is 0 Å². The molecule has 0 spiro atoms. The van der Waals surface area contributed by atoms with Crippen molar-refractivity contribution in [1.29, 1.82) is 5.26 Å². The Hall–Kier alpha value is -1.51. The van der Waals surface area contributed by atoms with Gasteiger partial charge in [-0.2, -0.15) is 5.26 Å². The summed E-state index contributed by atoms with van der Waals surface area (Å²) in [7, 11) is 0. The molecule has 1 aromatic rings. The molecule has 0 heterocycles. The number of aliphatic hydroxyl groups excluding tert-OH is 1. The standard InChI is InChI=1S/C15H18F2N2O/c16-13-6-5-11(9-14(13)17)15(20)10-19(8-7-18)12-3-1-2-4-12/h5-6,9,12,15,20H,1-4,8,10H2. The number of aliphatic hydroxyl groups is 1. The summed E-state index contributed by atoms with van der Waals surface area (Å²) in [6, 6.07) is 5.81. The van der Waals surface area contributed by atoms with Crippen LogP contribution in [-0.2, 0) is 0 Å². The summed E-state index contributed by atoms with van der Waals surface area (Å²) in [5, 5.41) is 19.0. The van der Waals surface area contributed by atoms with Crippen LogP contribution < -0.4 is 0 Å². The Morgan fingerprint density at radius 1 is 1.30 bits per heavy atom. The second-order valence-electron chi connectivity index (χ2n) is 5.22. The van der Waals surface area contributed by atoms with E-state index in [1.54, 1.807) is 0 Å². The Morgan fingerprint density at radius 3 is 2.60 bits per heavy atom. The number of halogens is 2. The molecular weight excluding hydrogens is 262 g/mol. The minimum atomic E-state index is -0.964. The third-order valence-electron chi connectivity index (χ3n) is 3.85. The third kappa shape index (κ3) is 3.53. The lowest BCUT2D eigenvalue weighted by molar-refractivity contribution is 0.0964. The number of hydrogen-bond acceptors (Lipinski definition) is 3. The number of hydrogen-bond donors (Lipinski definition) is 1. The second-order valence-corrected chi connectivity index (χ2v) is 5.22. The monoisotopic (exact) mass is 280 g/mol. The van der Waals surface area contributed by atoms with Gasteiger partial charge in [-0.25, -0.2) is 8.78 Å². The van der Waals surface area contributed by atoms with Crippen LogP contribution in [0.5, 0.6) is 0 Å². The van der Waals surface area contributed by atoms with Gasteiger partial charge in [0.1, 0.15) is 0 Å². The first-order valence-electron chi connectivity index (χ1n) is 6.86. The zero-order chi connectivity index (χ0) is 14.5. The van der Waals surface area contributed by atoms with E-state index in [1.807, 2.05) is 4.90 Å². The fraction of sp³-hybridized carbons (Fsp3) is 0.533. The van der Waals surface area contributed by atoms with Crippen LogP contribution in [0.15, 0.2) is 18.2 Å². The van der Waals surface area contributed by atoms with Gasteiger partial charge in [-0.05, 0) is 30.5 Å². The average Bonchev–Trinajstić information content (AvgIpc) is 2.95. The SMILES string of the molecule is N#CCN(CC(O)c1ccc(F)c(F)c1)C1CCCC1. The topological polar surface area (TPSA) is 47.3 Å². The van der Waals surface area contributed by atoms with E-state index in [1.165, 1.54) is 6.07 Å². The summed E-state index contributed by atoms with van der Waals surface area (Å²) in [5.74, 6) is -1.89. The van der Waals surface area contributed by atoms with Crippen molar-refractivity contribution in [3.8, 4) is 6.07 Å². The van der Waals surface area contributed by atoms with Crippen molar-refractivity contribution in [2.75, 3.05) is 13.1 Å². The van der Waals surface area contributed by atoms with Crippen LogP contribution in [0.25, 0.3) is 0 Å². The second kappa shape index (κ2) is 6.78. The van der Waals surface area contributed by atoms with Gasteiger partial charge in [-0.1, -0.05) is 18.9 Å². The fourth-order valence-electron chi connectivity index (χ4n) is 2.75. The van der Waals surface area contributed by atoms with Crippen molar-refractivity contribution in [2.24, 2.45) is 0 Å². The lowest BCUT2D eigenvalue weighted by Gasteiger charge is -2.28. The first-order chi connectivity index (χ1) is 9.61. The number of nitriles is 1. The maximum Gasteiger partial charge on any atom is 0.159 e. The minimum Gasteiger partial charge on any atom is -0.387 e. The van der Waals surface area contributed by atoms with Crippen LogP contribution in [0.4, 0.5) is 8.78 Å². The summed E-state index contributed by atoms with van der Waals surface area (Å²) in [6.07, 6.45) is 3.39. The summed E-state index contributed by atoms with van der Waals surface area (Å²) in [6.45, 7) is 0.509. The fourth-order valence-corrected chi connectivity index (χ4v) is 2.75. The highest BCUT2D eigenvalue weighted by atomic mass is 19.2. The Balaban J connectivity index is 2.05. The molecule has 108 valence electrons. The molecule has 0 aliphatic heterocycles. The summed E-state index contributed by atoms with van der Waals surface area (Å²) >= 11 is 0. The molecule has 2 rings (SSSR count). The summed E-state index contributed by atoms with van der Waals surface area (Å²) in [5.41, 5.74) is 0.338. The van der Waals surface area contributed by atoms with Gasteiger partial charge in [0.25, 0.3) is 0 Å². The molecule has 1 atom stereocenters. The molecule has 1 aromatic carbocycles. The Bertz CT molecular complexity index is 495. The molecule has 3 nitrogen and oxygen atoms in total. The molecule has 0 aromatic heterocycles. The van der Waals surface area contributed by atoms with Gasteiger partial charge in [0.05, 0.1) is 18.7 Å². The van der Waals surface area contributed by atoms with Gasteiger partial charge < -0.3 is 5.11 Å². The number of rotatable bonds is 5. The van der Waals surface area contributed by atoms with Crippen molar-refractivity contribution in [2.45, 2.75) is 37.8 Å². The molecule has 20 heavy (non-hydrogen) atoms. The molecular formula is C15H18F2N2O. The van der Waals surface area contributed by atoms with E-state index in [9.17, 15) is 13.9 Å². The molecule has 0 amide bonds. The third-order valence-corrected chi connectivity index (χ3v) is 3.85. The summed E-state index contributed by atoms with van der Waals surface area (Å²) < 4.78 is 26.1. The molecule has 1 aliphatic rings. The lowest BCUT2D eigenvalue weighted by Crippen LogP contribution is -2.37. The zero-order valence-electron chi connectivity index (χ0n) is 11.2. The van der Waals surface area contributed by atoms with Crippen molar-refractivity contribution in [3.63, 3.8) is 0 Å². The van der Waals surface area contributed by atoms with E-state index in [2.05, 4.69) is 6.07 Å². The maximum atomic E-state index is 13.2. The molecule has 1 aliphatic carbocycles. The van der Waals surface area contributed by atoms with E-state index in [0.717, 1.165) is 37.8 Å². The number of nitrogens with zero attached hydrogens (tertiary/aromatic N) is 2. The van der Waals surface area contributed by atoms with E-state index in [0.29, 0.717) is 11.6 Å². The largest absolute Gasteiger partial charge is 0.387 e. The average molecular weight is 280 g/mol. The highest BCUT2D eigenvalue weighted by molar-refractivity contribution is 5.20. The molecule has 1 N–H and O–H groups in total. The molecule has 1 saturated carbocycles. The van der Waals surface area contributed by atoms with Gasteiger partial charge in [-0.15, -0.1) is 0 Å². The van der Waals surface area contributed by atoms with Crippen LogP contribution >= 0.6 is 0 Å². The molecule has 1 unspecified atom stereocenters. The highest BCUT2D eigenvalue weighted by Gasteiger charge is 2.25. The zero-order valence-corrected chi connectivity index (χ0v) is 11.2. The van der Waals surface area contributed by atoms with Crippen LogP contribution in [-0.4, -0.2) is 29.1 Å². The van der Waals surface area contributed by atoms with Crippen LogP contribution in [0.1, 0.15) is 37.4 Å². The van der Waals surface area contributed by atoms with E-state index >= 15 is 0 Å². The Kier molecular flexibility index (Phi) is 5.05. The van der Waals surface area contributed by atoms with Gasteiger partial charge in [-0.3, -0.25) is 4.90 Å². The van der Waals surface area contributed by atoms with Crippen molar-refractivity contribution >= 4 is 0 Å². The minimum absolute atomic E-state index is 0.241. The first kappa shape index (κ1) is 14.9. The van der Waals surface area contributed by atoms with Crippen LogP contribution in [0.2, 0.25) is 0 Å². The van der Waals surface area contributed by atoms with E-state index in [-0.39, 0.29) is 13.1 Å². The maximum absolute atomic E-state index is 13.2. The van der Waals surface area contributed by atoms with Gasteiger partial charge in [0, 0.05) is 12.6 Å². The van der Waals surface area contributed by atoms with E-state index < -0.39 is 17.7 Å². The first-order valence-corrected chi connectivity index (χ1v) is 6.86. The Morgan fingerprint density at radius 2 is 2.00 bits per heavy atom. The lowest BCUT2D eigenvalue weighted by atomic mass is 10.1. The summed E-state index contributed by atoms with van der Waals surface area (Å²) in [4.78, 5) is 1.93. The van der Waals surface area contributed by atoms with Crippen molar-refractivity contribution in [1.82, 2.24) is 4.90 Å². The normalized spacial score (nSPS) is 17.4. The smallest absolute Gasteiger partial charge is 0.159 e. The molecule has 0 radical (unpaired) electrons. The van der Waals surface area contributed by atoms with Crippen molar-refractivity contribution in [3.05, 3.63) is 35.4 Å². The molecule has 5 heteroatoms. The molecule has 0 saturated heterocycles. The van der Waals surface area contributed by atoms with E-state index in [4.69, 9.17) is 5.26 Å². The predicted molar refractivity (Wildman–Crippen MR) is 70.8 cm³/mol. The van der Waals surface area contributed by atoms with Crippen LogP contribution in [0, 0.1) is 23.0 Å². The van der Waals surface area contributed by atoms with Crippen LogP contribution in [0.3, 0.4) is 0 Å². The molecule has 0 bridgehead atoms. The van der Waals surface area contributed by atoms with Gasteiger partial charge in [0.15, 0.2) is 11.6 Å². The Labute approximate surface area is 117 Å². The molecule has 1 fully saturated rings. The quantitative estimate of drug-likeness (QED) is 0.844. The predicted octanol–water partition coefficient (Wildman–Crippen LogP) is 2.77. The van der Waals surface area contributed by atoms with Gasteiger partial charge >= 0.3 is 0 Å².